The van der Waals surface area contributed by atoms with Crippen molar-refractivity contribution in [1.29, 1.82) is 0 Å². The molecule has 3 N–H and O–H groups in total. The van der Waals surface area contributed by atoms with Crippen LogP contribution in [0, 0.1) is 0 Å². The topological polar surface area (TPSA) is 117 Å². The van der Waals surface area contributed by atoms with E-state index in [0.29, 0.717) is 13.0 Å². The summed E-state index contributed by atoms with van der Waals surface area (Å²) in [5, 5.41) is 0. The van der Waals surface area contributed by atoms with Crippen molar-refractivity contribution in [3.63, 3.8) is 0 Å². The van der Waals surface area contributed by atoms with E-state index in [4.69, 9.17) is 24.3 Å². The lowest BCUT2D eigenvalue weighted by molar-refractivity contribution is -0.154. The van der Waals surface area contributed by atoms with Crippen LogP contribution in [0.4, 0.5) is 0 Å². The zero-order valence-electron chi connectivity index (χ0n) is 27.2. The van der Waals surface area contributed by atoms with E-state index in [2.05, 4.69) is 26.0 Å². The number of nitrogens with two attached hydrogens (primary N) is 1. The van der Waals surface area contributed by atoms with E-state index in [1.54, 1.807) is 0 Å². The summed E-state index contributed by atoms with van der Waals surface area (Å²) in [7, 11) is -4.26. The molecule has 0 amide bonds. The molecule has 0 rings (SSSR count). The van der Waals surface area contributed by atoms with Crippen LogP contribution in [0.15, 0.2) is 12.2 Å². The molecular formula is C33H66NO7P. The summed E-state index contributed by atoms with van der Waals surface area (Å²) < 4.78 is 33.1. The molecule has 0 bridgehead atoms. The number of carbonyl (C=O) groups is 1. The Morgan fingerprint density at radius 2 is 1.19 bits per heavy atom. The second-order valence-corrected chi connectivity index (χ2v) is 12.8. The number of allylic oxidation sites excluding steroid dienone is 2. The van der Waals surface area contributed by atoms with E-state index in [1.165, 1.54) is 89.9 Å². The van der Waals surface area contributed by atoms with Gasteiger partial charge in [-0.25, -0.2) is 4.57 Å². The summed E-state index contributed by atoms with van der Waals surface area (Å²) in [5.74, 6) is -0.340. The predicted molar refractivity (Wildman–Crippen MR) is 174 cm³/mol. The third-order valence-corrected chi connectivity index (χ3v) is 8.17. The van der Waals surface area contributed by atoms with Crippen LogP contribution in [0.2, 0.25) is 0 Å². The van der Waals surface area contributed by atoms with Gasteiger partial charge in [0, 0.05) is 19.6 Å². The average Bonchev–Trinajstić information content (AvgIpc) is 2.97. The Kier molecular flexibility index (Phi) is 31.1. The largest absolute Gasteiger partial charge is 0.472 e. The van der Waals surface area contributed by atoms with Gasteiger partial charge in [-0.2, -0.15) is 0 Å². The molecule has 0 aromatic rings. The first-order chi connectivity index (χ1) is 20.4. The van der Waals surface area contributed by atoms with E-state index >= 15 is 0 Å². The maximum atomic E-state index is 12.4. The van der Waals surface area contributed by atoms with Crippen molar-refractivity contribution in [2.24, 2.45) is 5.73 Å². The Morgan fingerprint density at radius 3 is 1.79 bits per heavy atom. The molecular weight excluding hydrogens is 553 g/mol. The molecule has 0 aliphatic heterocycles. The van der Waals surface area contributed by atoms with Gasteiger partial charge in [-0.15, -0.1) is 0 Å². The number of ether oxygens (including phenoxy) is 2. The maximum absolute atomic E-state index is 12.4. The van der Waals surface area contributed by atoms with Crippen molar-refractivity contribution in [3.05, 3.63) is 12.2 Å². The minimum absolute atomic E-state index is 0.0944. The molecule has 0 aromatic heterocycles. The summed E-state index contributed by atoms with van der Waals surface area (Å²) in [5.41, 5.74) is 5.33. The highest BCUT2D eigenvalue weighted by atomic mass is 31.2. The van der Waals surface area contributed by atoms with Gasteiger partial charge in [0.05, 0.1) is 19.8 Å². The molecule has 2 atom stereocenters. The van der Waals surface area contributed by atoms with E-state index in [0.717, 1.165) is 44.9 Å². The molecule has 0 heterocycles. The number of hydrogen-bond donors (Lipinski definition) is 2. The van der Waals surface area contributed by atoms with E-state index in [9.17, 15) is 14.3 Å². The number of rotatable bonds is 33. The normalized spacial score (nSPS) is 13.9. The Morgan fingerprint density at radius 1 is 0.690 bits per heavy atom. The van der Waals surface area contributed by atoms with Crippen molar-refractivity contribution in [1.82, 2.24) is 0 Å². The third-order valence-electron chi connectivity index (χ3n) is 7.18. The molecule has 2 unspecified atom stereocenters. The van der Waals surface area contributed by atoms with Gasteiger partial charge in [-0.1, -0.05) is 122 Å². The fourth-order valence-corrected chi connectivity index (χ4v) is 5.40. The summed E-state index contributed by atoms with van der Waals surface area (Å²) in [6.45, 7) is 4.88. The van der Waals surface area contributed by atoms with Crippen molar-refractivity contribution >= 4 is 13.8 Å². The predicted octanol–water partition coefficient (Wildman–Crippen LogP) is 9.19. The molecule has 8 nitrogen and oxygen atoms in total. The minimum atomic E-state index is -4.26. The average molecular weight is 620 g/mol. The molecule has 0 aromatic carbocycles. The summed E-state index contributed by atoms with van der Waals surface area (Å²) in [6.07, 6.45) is 29.3. The van der Waals surface area contributed by atoms with Gasteiger partial charge in [0.25, 0.3) is 0 Å². The first kappa shape index (κ1) is 41.2. The number of phosphoric acid groups is 1. The standard InChI is InChI=1S/C33H66NO7P/c1-3-5-7-9-11-13-15-16-18-20-22-24-26-33(35)41-32(31-40-42(36,37)39-29-27-34)30-38-28-25-23-21-19-17-14-12-10-8-6-4-2/h11,13,32H,3-10,12,14-31,34H2,1-2H3,(H,36,37)/b13-11-. The maximum Gasteiger partial charge on any atom is 0.472 e. The number of esters is 1. The molecule has 0 fully saturated rings. The lowest BCUT2D eigenvalue weighted by atomic mass is 10.1. The van der Waals surface area contributed by atoms with Crippen LogP contribution in [0.25, 0.3) is 0 Å². The zero-order valence-corrected chi connectivity index (χ0v) is 28.1. The van der Waals surface area contributed by atoms with Crippen molar-refractivity contribution < 1.29 is 32.8 Å². The van der Waals surface area contributed by atoms with Gasteiger partial charge in [0.1, 0.15) is 6.10 Å². The van der Waals surface area contributed by atoms with Gasteiger partial charge < -0.3 is 20.1 Å². The van der Waals surface area contributed by atoms with Crippen LogP contribution < -0.4 is 5.73 Å². The first-order valence-corrected chi connectivity index (χ1v) is 18.7. The zero-order chi connectivity index (χ0) is 31.0. The summed E-state index contributed by atoms with van der Waals surface area (Å²) in [6, 6.07) is 0. The molecule has 0 aliphatic carbocycles. The molecule has 0 saturated carbocycles. The van der Waals surface area contributed by atoms with Crippen LogP contribution in [-0.4, -0.2) is 49.9 Å². The van der Waals surface area contributed by atoms with E-state index < -0.39 is 13.9 Å². The van der Waals surface area contributed by atoms with Gasteiger partial charge in [-0.05, 0) is 38.5 Å². The summed E-state index contributed by atoms with van der Waals surface area (Å²) in [4.78, 5) is 22.3. The smallest absolute Gasteiger partial charge is 0.457 e. The van der Waals surface area contributed by atoms with Crippen LogP contribution in [-0.2, 0) is 27.9 Å². The van der Waals surface area contributed by atoms with Gasteiger partial charge in [0.2, 0.25) is 0 Å². The molecule has 42 heavy (non-hydrogen) atoms. The van der Waals surface area contributed by atoms with Crippen molar-refractivity contribution in [2.75, 3.05) is 33.0 Å². The lowest BCUT2D eigenvalue weighted by Crippen LogP contribution is -2.28. The second-order valence-electron chi connectivity index (χ2n) is 11.4. The van der Waals surface area contributed by atoms with E-state index in [1.807, 2.05) is 0 Å². The van der Waals surface area contributed by atoms with E-state index in [-0.39, 0.29) is 32.3 Å². The van der Waals surface area contributed by atoms with Crippen LogP contribution in [0.1, 0.15) is 155 Å². The number of hydrogen-bond acceptors (Lipinski definition) is 7. The molecule has 0 radical (unpaired) electrons. The third kappa shape index (κ3) is 30.7. The number of phosphoric ester groups is 1. The highest BCUT2D eigenvalue weighted by molar-refractivity contribution is 7.47. The lowest BCUT2D eigenvalue weighted by Gasteiger charge is -2.20. The fraction of sp³-hybridized carbons (Fsp3) is 0.909. The van der Waals surface area contributed by atoms with Gasteiger partial charge in [-0.3, -0.25) is 13.8 Å². The van der Waals surface area contributed by atoms with Gasteiger partial charge >= 0.3 is 13.8 Å². The molecule has 0 aliphatic rings. The molecule has 250 valence electrons. The van der Waals surface area contributed by atoms with Crippen LogP contribution in [0.5, 0.6) is 0 Å². The number of carbonyl (C=O) groups excluding carboxylic acids is 1. The second kappa shape index (κ2) is 31.7. The van der Waals surface area contributed by atoms with Crippen LogP contribution >= 0.6 is 7.82 Å². The Balaban J connectivity index is 4.14. The number of unbranched alkanes of at least 4 members (excludes halogenated alkanes) is 18. The quantitative estimate of drug-likeness (QED) is 0.0323. The van der Waals surface area contributed by atoms with Crippen molar-refractivity contribution in [2.45, 2.75) is 161 Å². The van der Waals surface area contributed by atoms with Crippen molar-refractivity contribution in [3.8, 4) is 0 Å². The Bertz CT molecular complexity index is 662. The Hall–Kier alpha value is -0.760. The fourth-order valence-electron chi connectivity index (χ4n) is 4.64. The Labute approximate surface area is 258 Å². The molecule has 9 heteroatoms. The highest BCUT2D eigenvalue weighted by Gasteiger charge is 2.25. The first-order valence-electron chi connectivity index (χ1n) is 17.2. The summed E-state index contributed by atoms with van der Waals surface area (Å²) >= 11 is 0. The van der Waals surface area contributed by atoms with Crippen LogP contribution in [0.3, 0.4) is 0 Å². The SMILES string of the molecule is CCCCC/C=C\CCCCCCCC(=O)OC(COCCCCCCCCCCCCC)COP(=O)(O)OCCN. The molecule has 0 saturated heterocycles. The monoisotopic (exact) mass is 619 g/mol. The van der Waals surface area contributed by atoms with Gasteiger partial charge in [0.15, 0.2) is 0 Å². The highest BCUT2D eigenvalue weighted by Crippen LogP contribution is 2.43. The minimum Gasteiger partial charge on any atom is -0.457 e. The molecule has 0 spiro atoms.